The lowest BCUT2D eigenvalue weighted by Gasteiger charge is -2.31. The number of carbonyl (C=O) groups is 1. The maximum Gasteiger partial charge on any atom is 0.254 e. The lowest BCUT2D eigenvalue weighted by molar-refractivity contribution is 0.0714. The first-order valence-electron chi connectivity index (χ1n) is 7.56. The first-order valence-corrected chi connectivity index (χ1v) is 8.50. The fourth-order valence-corrected chi connectivity index (χ4v) is 3.91. The number of hydrogen-bond donors (Lipinski definition) is 1. The molecule has 0 aromatic carbocycles. The van der Waals surface area contributed by atoms with Crippen molar-refractivity contribution < 1.29 is 4.79 Å². The molecule has 3 aromatic rings. The molecule has 0 bridgehead atoms. The fourth-order valence-electron chi connectivity index (χ4n) is 3.28. The Hall–Kier alpha value is -2.14. The van der Waals surface area contributed by atoms with Crippen LogP contribution in [0.3, 0.4) is 0 Å². The van der Waals surface area contributed by atoms with Gasteiger partial charge in [-0.2, -0.15) is 11.3 Å². The quantitative estimate of drug-likeness (QED) is 0.785. The van der Waals surface area contributed by atoms with Crippen LogP contribution in [-0.4, -0.2) is 33.9 Å². The minimum absolute atomic E-state index is 0.167. The number of aromatic nitrogens is 2. The maximum atomic E-state index is 12.4. The Bertz CT molecular complexity index is 785. The number of nitrogens with zero attached hydrogens (tertiary/aromatic N) is 2. The van der Waals surface area contributed by atoms with Crippen molar-refractivity contribution in [2.24, 2.45) is 0 Å². The van der Waals surface area contributed by atoms with Crippen LogP contribution in [0.15, 0.2) is 41.4 Å². The molecule has 0 spiro atoms. The molecule has 0 saturated carbocycles. The number of carbonyl (C=O) groups excluding carboxylic acids is 1. The van der Waals surface area contributed by atoms with Gasteiger partial charge in [-0.25, -0.2) is 4.98 Å². The fraction of sp³-hybridized carbons (Fsp3) is 0.294. The molecule has 0 unspecified atom stereocenters. The summed E-state index contributed by atoms with van der Waals surface area (Å²) < 4.78 is 0. The Morgan fingerprint density at radius 3 is 2.95 bits per heavy atom. The molecule has 4 rings (SSSR count). The van der Waals surface area contributed by atoms with Gasteiger partial charge in [-0.3, -0.25) is 4.79 Å². The molecular weight excluding hydrogens is 294 g/mol. The van der Waals surface area contributed by atoms with E-state index in [1.165, 1.54) is 10.9 Å². The van der Waals surface area contributed by atoms with Gasteiger partial charge in [0.25, 0.3) is 5.91 Å². The zero-order valence-electron chi connectivity index (χ0n) is 12.2. The highest BCUT2D eigenvalue weighted by Gasteiger charge is 2.26. The van der Waals surface area contributed by atoms with Gasteiger partial charge in [0.15, 0.2) is 0 Å². The number of nitrogens with one attached hydrogen (secondary N) is 1. The average Bonchev–Trinajstić information content (AvgIpc) is 3.24. The van der Waals surface area contributed by atoms with Crippen LogP contribution in [0.25, 0.3) is 11.0 Å². The maximum absolute atomic E-state index is 12.4. The Kier molecular flexibility index (Phi) is 3.42. The van der Waals surface area contributed by atoms with Crippen molar-refractivity contribution in [2.45, 2.75) is 18.8 Å². The Labute approximate surface area is 132 Å². The molecular formula is C17H17N3OS. The Balaban J connectivity index is 1.49. The van der Waals surface area contributed by atoms with Crippen LogP contribution in [0.2, 0.25) is 0 Å². The number of likely N-dealkylation sites (tertiary alicyclic amines) is 1. The second-order valence-corrected chi connectivity index (χ2v) is 6.50. The van der Waals surface area contributed by atoms with Crippen molar-refractivity contribution in [3.63, 3.8) is 0 Å². The second-order valence-electron chi connectivity index (χ2n) is 5.72. The van der Waals surface area contributed by atoms with Gasteiger partial charge >= 0.3 is 0 Å². The van der Waals surface area contributed by atoms with E-state index in [2.05, 4.69) is 22.2 Å². The molecule has 4 nitrogen and oxygen atoms in total. The summed E-state index contributed by atoms with van der Waals surface area (Å²) in [7, 11) is 0. The molecule has 1 aliphatic rings. The van der Waals surface area contributed by atoms with Crippen molar-refractivity contribution >= 4 is 28.3 Å². The highest BCUT2D eigenvalue weighted by molar-refractivity contribution is 7.08. The number of rotatable bonds is 2. The van der Waals surface area contributed by atoms with E-state index in [-0.39, 0.29) is 5.91 Å². The predicted octanol–water partition coefficient (Wildman–Crippen LogP) is 3.64. The number of fused-ring (bicyclic) bond motifs is 1. The summed E-state index contributed by atoms with van der Waals surface area (Å²) in [5, 5.41) is 5.10. The van der Waals surface area contributed by atoms with Gasteiger partial charge in [0.05, 0.1) is 5.56 Å². The molecule has 1 N–H and O–H groups in total. The molecule has 1 fully saturated rings. The Morgan fingerprint density at radius 1 is 1.32 bits per heavy atom. The van der Waals surface area contributed by atoms with Crippen LogP contribution in [0.5, 0.6) is 0 Å². The van der Waals surface area contributed by atoms with E-state index < -0.39 is 0 Å². The first-order chi connectivity index (χ1) is 10.8. The van der Waals surface area contributed by atoms with E-state index in [4.69, 9.17) is 0 Å². The summed E-state index contributed by atoms with van der Waals surface area (Å²) in [4.78, 5) is 22.0. The van der Waals surface area contributed by atoms with Crippen LogP contribution in [0.4, 0.5) is 0 Å². The average molecular weight is 311 g/mol. The number of amides is 1. The van der Waals surface area contributed by atoms with E-state index in [1.54, 1.807) is 11.3 Å². The van der Waals surface area contributed by atoms with Crippen molar-refractivity contribution in [1.82, 2.24) is 14.9 Å². The molecule has 0 atom stereocenters. The van der Waals surface area contributed by atoms with Gasteiger partial charge in [0.2, 0.25) is 0 Å². The second kappa shape index (κ2) is 5.57. The van der Waals surface area contributed by atoms with Gasteiger partial charge in [-0.1, -0.05) is 0 Å². The molecule has 5 heteroatoms. The van der Waals surface area contributed by atoms with Crippen molar-refractivity contribution in [2.75, 3.05) is 13.1 Å². The zero-order chi connectivity index (χ0) is 14.9. The smallest absolute Gasteiger partial charge is 0.254 e. The van der Waals surface area contributed by atoms with Crippen LogP contribution in [-0.2, 0) is 0 Å². The highest BCUT2D eigenvalue weighted by Crippen LogP contribution is 2.32. The van der Waals surface area contributed by atoms with E-state index in [0.29, 0.717) is 5.92 Å². The van der Waals surface area contributed by atoms with Crippen molar-refractivity contribution in [3.05, 3.63) is 52.5 Å². The summed E-state index contributed by atoms with van der Waals surface area (Å²) in [6.07, 6.45) is 5.92. The van der Waals surface area contributed by atoms with Gasteiger partial charge in [0.1, 0.15) is 5.65 Å². The van der Waals surface area contributed by atoms with Gasteiger partial charge in [-0.05, 0) is 47.9 Å². The van der Waals surface area contributed by atoms with Crippen LogP contribution >= 0.6 is 11.3 Å². The van der Waals surface area contributed by atoms with Gasteiger partial charge in [-0.15, -0.1) is 0 Å². The summed E-state index contributed by atoms with van der Waals surface area (Å²) in [5.74, 6) is 0.671. The summed E-state index contributed by atoms with van der Waals surface area (Å²) >= 11 is 1.57. The third-order valence-corrected chi connectivity index (χ3v) is 5.16. The van der Waals surface area contributed by atoms with Gasteiger partial charge < -0.3 is 9.88 Å². The number of hydrogen-bond acceptors (Lipinski definition) is 3. The minimum Gasteiger partial charge on any atom is -0.346 e. The molecule has 1 saturated heterocycles. The summed E-state index contributed by atoms with van der Waals surface area (Å²) in [6, 6.07) is 6.01. The monoisotopic (exact) mass is 311 g/mol. The van der Waals surface area contributed by atoms with Crippen LogP contribution in [0, 0.1) is 0 Å². The largest absolute Gasteiger partial charge is 0.346 e. The molecule has 1 aliphatic heterocycles. The van der Waals surface area contributed by atoms with E-state index in [1.807, 2.05) is 34.0 Å². The lowest BCUT2D eigenvalue weighted by atomic mass is 9.89. The number of H-pyrrole nitrogens is 1. The predicted molar refractivity (Wildman–Crippen MR) is 88.3 cm³/mol. The number of pyridine rings is 1. The molecule has 112 valence electrons. The van der Waals surface area contributed by atoms with E-state index in [9.17, 15) is 4.79 Å². The summed E-state index contributed by atoms with van der Waals surface area (Å²) in [5.41, 5.74) is 3.11. The first kappa shape index (κ1) is 13.5. The number of aromatic amines is 1. The minimum atomic E-state index is 0.167. The normalized spacial score (nSPS) is 16.3. The highest BCUT2D eigenvalue weighted by atomic mass is 32.1. The number of thiophene rings is 1. The molecule has 0 radical (unpaired) electrons. The van der Waals surface area contributed by atoms with Crippen molar-refractivity contribution in [1.29, 1.82) is 0 Å². The van der Waals surface area contributed by atoms with Gasteiger partial charge in [0, 0.05) is 36.2 Å². The molecule has 4 heterocycles. The zero-order valence-corrected chi connectivity index (χ0v) is 13.0. The third kappa shape index (κ3) is 2.31. The van der Waals surface area contributed by atoms with Crippen LogP contribution < -0.4 is 0 Å². The van der Waals surface area contributed by atoms with E-state index in [0.717, 1.165) is 37.1 Å². The summed E-state index contributed by atoms with van der Waals surface area (Å²) in [6.45, 7) is 1.65. The topological polar surface area (TPSA) is 49.0 Å². The number of piperidine rings is 1. The third-order valence-electron chi connectivity index (χ3n) is 4.47. The lowest BCUT2D eigenvalue weighted by Crippen LogP contribution is -2.37. The molecule has 0 aliphatic carbocycles. The van der Waals surface area contributed by atoms with Crippen molar-refractivity contribution in [3.8, 4) is 0 Å². The molecule has 1 amide bonds. The van der Waals surface area contributed by atoms with Crippen LogP contribution in [0.1, 0.15) is 34.7 Å². The standard InChI is InChI=1S/C17H17N3OS/c21-17(13-5-9-22-11-13)20-7-3-12(4-8-20)15-10-19-16-14(15)2-1-6-18-16/h1-2,5-6,9-12H,3-4,7-8H2,(H,18,19). The Morgan fingerprint density at radius 2 is 2.18 bits per heavy atom. The van der Waals surface area contributed by atoms with E-state index >= 15 is 0 Å². The molecule has 22 heavy (non-hydrogen) atoms. The SMILES string of the molecule is O=C(c1ccsc1)N1CCC(c2c[nH]c3ncccc23)CC1. The molecule has 3 aromatic heterocycles.